The Morgan fingerprint density at radius 2 is 1.56 bits per heavy atom. The molecule has 0 saturated heterocycles. The number of ether oxygens (including phenoxy) is 1. The molecule has 1 aliphatic heterocycles. The second-order valence-corrected chi connectivity index (χ2v) is 9.89. The predicted octanol–water partition coefficient (Wildman–Crippen LogP) is 4.61. The zero-order chi connectivity index (χ0) is 22.9. The lowest BCUT2D eigenvalue weighted by atomic mass is 10.1. The van der Waals surface area contributed by atoms with Crippen molar-refractivity contribution in [2.45, 2.75) is 32.4 Å². The summed E-state index contributed by atoms with van der Waals surface area (Å²) in [5.41, 5.74) is 2.35. The van der Waals surface area contributed by atoms with Crippen molar-refractivity contribution in [3.63, 3.8) is 0 Å². The van der Waals surface area contributed by atoms with Crippen LogP contribution in [0.2, 0.25) is 0 Å². The number of nitrogens with zero attached hydrogens (tertiary/aromatic N) is 2. The van der Waals surface area contributed by atoms with Crippen LogP contribution in [0.1, 0.15) is 19.4 Å². The van der Waals surface area contributed by atoms with Gasteiger partial charge in [-0.05, 0) is 68.3 Å². The molecule has 0 saturated carbocycles. The summed E-state index contributed by atoms with van der Waals surface area (Å²) in [6.45, 7) is 3.61. The highest BCUT2D eigenvalue weighted by molar-refractivity contribution is 7.92. The Morgan fingerprint density at radius 1 is 0.969 bits per heavy atom. The van der Waals surface area contributed by atoms with Crippen LogP contribution in [-0.2, 0) is 21.2 Å². The maximum absolute atomic E-state index is 13.5. The van der Waals surface area contributed by atoms with E-state index in [1.54, 1.807) is 36.1 Å². The predicted molar refractivity (Wildman–Crippen MR) is 127 cm³/mol. The summed E-state index contributed by atoms with van der Waals surface area (Å²) in [5.74, 6) is 1.01. The Balaban J connectivity index is 1.61. The zero-order valence-electron chi connectivity index (χ0n) is 18.3. The number of rotatable bonds is 6. The molecule has 0 spiro atoms. The highest BCUT2D eigenvalue weighted by atomic mass is 32.2. The number of benzene rings is 3. The Labute approximate surface area is 189 Å². The summed E-state index contributed by atoms with van der Waals surface area (Å²) in [6, 6.07) is 22.9. The lowest BCUT2D eigenvalue weighted by molar-refractivity contribution is -0.119. The quantitative estimate of drug-likeness (QED) is 0.550. The van der Waals surface area contributed by atoms with E-state index in [-0.39, 0.29) is 11.9 Å². The molecule has 0 aliphatic carbocycles. The third-order valence-corrected chi connectivity index (χ3v) is 6.82. The van der Waals surface area contributed by atoms with Crippen molar-refractivity contribution in [2.75, 3.05) is 15.5 Å². The summed E-state index contributed by atoms with van der Waals surface area (Å²) in [4.78, 5) is 15.2. The van der Waals surface area contributed by atoms with Crippen LogP contribution < -0.4 is 13.9 Å². The molecular formula is C25H26N2O4S. The molecule has 3 aromatic carbocycles. The van der Waals surface area contributed by atoms with Gasteiger partial charge in [-0.1, -0.05) is 36.4 Å². The molecule has 0 radical (unpaired) electrons. The van der Waals surface area contributed by atoms with E-state index in [0.29, 0.717) is 17.2 Å². The van der Waals surface area contributed by atoms with Crippen molar-refractivity contribution in [3.05, 3.63) is 84.4 Å². The van der Waals surface area contributed by atoms with Gasteiger partial charge in [0.15, 0.2) is 0 Å². The number of para-hydroxylation sites is 2. The molecule has 0 aromatic heterocycles. The number of amides is 1. The number of hydrogen-bond acceptors (Lipinski definition) is 4. The van der Waals surface area contributed by atoms with Crippen LogP contribution in [-0.4, -0.2) is 32.7 Å². The molecule has 166 valence electrons. The molecule has 7 heteroatoms. The second kappa shape index (κ2) is 8.67. The van der Waals surface area contributed by atoms with E-state index in [1.165, 1.54) is 4.31 Å². The van der Waals surface area contributed by atoms with Crippen LogP contribution in [0.4, 0.5) is 11.4 Å². The molecule has 32 heavy (non-hydrogen) atoms. The number of anilines is 2. The smallest absolute Gasteiger partial charge is 0.250 e. The summed E-state index contributed by atoms with van der Waals surface area (Å²) >= 11 is 0. The van der Waals surface area contributed by atoms with Crippen LogP contribution in [0.3, 0.4) is 0 Å². The van der Waals surface area contributed by atoms with Gasteiger partial charge < -0.3 is 9.64 Å². The van der Waals surface area contributed by atoms with Crippen LogP contribution in [0.5, 0.6) is 11.5 Å². The first-order valence-corrected chi connectivity index (χ1v) is 12.3. The average Bonchev–Trinajstić information content (AvgIpc) is 3.10. The number of carbonyl (C=O) groups is 1. The minimum atomic E-state index is -3.71. The molecule has 0 fully saturated rings. The second-order valence-electron chi connectivity index (χ2n) is 8.03. The lowest BCUT2D eigenvalue weighted by Crippen LogP contribution is -2.51. The SMILES string of the molecule is C[C@@H]1Cc2ccccc2N1C(=O)[C@@H](C)N(c1ccc(Oc2ccccc2)cc1)S(C)(=O)=O. The largest absolute Gasteiger partial charge is 0.457 e. The van der Waals surface area contributed by atoms with E-state index >= 15 is 0 Å². The van der Waals surface area contributed by atoms with E-state index in [2.05, 4.69) is 0 Å². The van der Waals surface area contributed by atoms with Crippen molar-refractivity contribution in [1.29, 1.82) is 0 Å². The maximum atomic E-state index is 13.5. The van der Waals surface area contributed by atoms with Crippen molar-refractivity contribution in [3.8, 4) is 11.5 Å². The van der Waals surface area contributed by atoms with Crippen molar-refractivity contribution in [1.82, 2.24) is 0 Å². The van der Waals surface area contributed by atoms with Gasteiger partial charge >= 0.3 is 0 Å². The normalized spacial score (nSPS) is 16.3. The summed E-state index contributed by atoms with van der Waals surface area (Å²) in [6.07, 6.45) is 1.87. The summed E-state index contributed by atoms with van der Waals surface area (Å²) < 4.78 is 32.4. The van der Waals surface area contributed by atoms with Gasteiger partial charge in [0.1, 0.15) is 17.5 Å². The molecule has 1 heterocycles. The van der Waals surface area contributed by atoms with Gasteiger partial charge in [0.25, 0.3) is 5.91 Å². The standard InChI is InChI=1S/C25H26N2O4S/c1-18-17-20-9-7-8-12-24(20)26(18)25(28)19(2)27(32(3,29)30)21-13-15-23(16-14-21)31-22-10-5-4-6-11-22/h4-16,18-19H,17H2,1-3H3/t18-,19-/m1/s1. The van der Waals surface area contributed by atoms with E-state index < -0.39 is 16.1 Å². The maximum Gasteiger partial charge on any atom is 0.250 e. The van der Waals surface area contributed by atoms with E-state index in [9.17, 15) is 13.2 Å². The van der Waals surface area contributed by atoms with Gasteiger partial charge in [0, 0.05) is 11.7 Å². The Morgan fingerprint density at radius 3 is 2.22 bits per heavy atom. The number of carbonyl (C=O) groups excluding carboxylic acids is 1. The van der Waals surface area contributed by atoms with Gasteiger partial charge in [-0.15, -0.1) is 0 Å². The third kappa shape index (κ3) is 4.34. The van der Waals surface area contributed by atoms with Crippen molar-refractivity contribution >= 4 is 27.3 Å². The minimum absolute atomic E-state index is 0.0367. The molecule has 2 atom stereocenters. The highest BCUT2D eigenvalue weighted by Gasteiger charge is 2.37. The van der Waals surface area contributed by atoms with Crippen LogP contribution >= 0.6 is 0 Å². The average molecular weight is 451 g/mol. The van der Waals surface area contributed by atoms with E-state index in [0.717, 1.165) is 23.9 Å². The van der Waals surface area contributed by atoms with Crippen molar-refractivity contribution in [2.24, 2.45) is 0 Å². The molecule has 0 unspecified atom stereocenters. The first-order chi connectivity index (χ1) is 15.3. The van der Waals surface area contributed by atoms with Crippen LogP contribution in [0.25, 0.3) is 0 Å². The van der Waals surface area contributed by atoms with Crippen LogP contribution in [0, 0.1) is 0 Å². The number of sulfonamides is 1. The Hall–Kier alpha value is -3.32. The van der Waals surface area contributed by atoms with Gasteiger partial charge in [-0.3, -0.25) is 9.10 Å². The highest BCUT2D eigenvalue weighted by Crippen LogP contribution is 2.34. The fraction of sp³-hybridized carbons (Fsp3) is 0.240. The van der Waals surface area contributed by atoms with E-state index in [4.69, 9.17) is 4.74 Å². The molecule has 6 nitrogen and oxygen atoms in total. The minimum Gasteiger partial charge on any atom is -0.457 e. The third-order valence-electron chi connectivity index (χ3n) is 5.58. The molecule has 3 aromatic rings. The monoisotopic (exact) mass is 450 g/mol. The van der Waals surface area contributed by atoms with Gasteiger partial charge in [-0.25, -0.2) is 8.42 Å². The first-order valence-electron chi connectivity index (χ1n) is 10.5. The fourth-order valence-electron chi connectivity index (χ4n) is 4.19. The Bertz CT molecular complexity index is 1210. The van der Waals surface area contributed by atoms with Gasteiger partial charge in [-0.2, -0.15) is 0 Å². The summed E-state index contributed by atoms with van der Waals surface area (Å²) in [7, 11) is -3.71. The van der Waals surface area contributed by atoms with Gasteiger partial charge in [0.05, 0.1) is 11.9 Å². The Kier molecular flexibility index (Phi) is 5.93. The van der Waals surface area contributed by atoms with Gasteiger partial charge in [0.2, 0.25) is 10.0 Å². The van der Waals surface area contributed by atoms with Crippen molar-refractivity contribution < 1.29 is 17.9 Å². The van der Waals surface area contributed by atoms with E-state index in [1.807, 2.05) is 61.5 Å². The topological polar surface area (TPSA) is 66.9 Å². The number of hydrogen-bond donors (Lipinski definition) is 0. The number of fused-ring (bicyclic) bond motifs is 1. The molecule has 4 rings (SSSR count). The molecule has 0 N–H and O–H groups in total. The fourth-order valence-corrected chi connectivity index (χ4v) is 5.36. The molecule has 0 bridgehead atoms. The zero-order valence-corrected chi connectivity index (χ0v) is 19.1. The summed E-state index contributed by atoms with van der Waals surface area (Å²) in [5, 5.41) is 0. The molecular weight excluding hydrogens is 424 g/mol. The molecule has 1 aliphatic rings. The lowest BCUT2D eigenvalue weighted by Gasteiger charge is -2.33. The first kappa shape index (κ1) is 21.9. The molecule has 1 amide bonds. The van der Waals surface area contributed by atoms with Crippen LogP contribution in [0.15, 0.2) is 78.9 Å².